The highest BCUT2D eigenvalue weighted by Crippen LogP contribution is 2.17. The van der Waals surface area contributed by atoms with Crippen LogP contribution in [0.2, 0.25) is 0 Å². The quantitative estimate of drug-likeness (QED) is 0.499. The molecule has 9 nitrogen and oxygen atoms in total. The molecule has 0 atom stereocenters. The number of nitrogens with zero attached hydrogens (tertiary/aromatic N) is 5. The first-order valence-electron chi connectivity index (χ1n) is 10.6. The summed E-state index contributed by atoms with van der Waals surface area (Å²) in [6.07, 6.45) is -0.413. The fourth-order valence-corrected chi connectivity index (χ4v) is 2.02. The second-order valence-electron chi connectivity index (χ2n) is 4.84. The van der Waals surface area contributed by atoms with Gasteiger partial charge in [0, 0.05) is 6.54 Å². The first kappa shape index (κ1) is 9.02. The van der Waals surface area contributed by atoms with Gasteiger partial charge in [0.15, 0.2) is 5.76 Å². The van der Waals surface area contributed by atoms with Crippen molar-refractivity contribution in [3.63, 3.8) is 0 Å². The predicted octanol–water partition coefficient (Wildman–Crippen LogP) is 1.72. The van der Waals surface area contributed by atoms with Gasteiger partial charge in [-0.1, -0.05) is 12.1 Å². The van der Waals surface area contributed by atoms with Crippen molar-refractivity contribution < 1.29 is 19.1 Å². The van der Waals surface area contributed by atoms with E-state index < -0.39 is 30.1 Å². The molecule has 0 saturated carbocycles. The molecule has 1 aromatic carbocycles. The largest absolute Gasteiger partial charge is 0.508 e. The van der Waals surface area contributed by atoms with Crippen LogP contribution in [0, 0.1) is 0 Å². The lowest BCUT2D eigenvalue weighted by atomic mass is 10.1. The average molecular weight is 344 g/mol. The summed E-state index contributed by atoms with van der Waals surface area (Å²) < 4.78 is 60.2. The van der Waals surface area contributed by atoms with Gasteiger partial charge in [-0.25, -0.2) is 0 Å². The highest BCUT2D eigenvalue weighted by atomic mass is 16.3. The zero-order chi connectivity index (χ0) is 23.3. The minimum absolute atomic E-state index is 0.0118. The van der Waals surface area contributed by atoms with Crippen LogP contribution in [-0.4, -0.2) is 36.2 Å². The summed E-state index contributed by atoms with van der Waals surface area (Å²) in [6.45, 7) is 0.123. The number of hydrogen-bond acceptors (Lipinski definition) is 8. The number of phenolic OH excluding ortho intramolecular Hbond substituents is 1. The van der Waals surface area contributed by atoms with Crippen molar-refractivity contribution in [1.82, 2.24) is 24.6 Å². The van der Waals surface area contributed by atoms with Crippen LogP contribution in [0.5, 0.6) is 5.75 Å². The van der Waals surface area contributed by atoms with Crippen molar-refractivity contribution in [2.24, 2.45) is 0 Å². The molecule has 4 N–H and O–H groups in total. The van der Waals surface area contributed by atoms with Crippen molar-refractivity contribution in [2.45, 2.75) is 6.42 Å². The van der Waals surface area contributed by atoms with E-state index in [-0.39, 0.29) is 65.9 Å². The molecule has 4 aromatic rings. The van der Waals surface area contributed by atoms with Gasteiger partial charge in [-0.05, 0) is 36.2 Å². The van der Waals surface area contributed by atoms with Crippen molar-refractivity contribution in [3.05, 3.63) is 48.1 Å². The third-order valence-corrected chi connectivity index (χ3v) is 3.14. The third kappa shape index (κ3) is 3.07. The van der Waals surface area contributed by atoms with Gasteiger partial charge in [-0.2, -0.15) is 19.5 Å². The fraction of sp³-hybridized carbons (Fsp3) is 0.125. The maximum Gasteiger partial charge on any atom is 0.259 e. The van der Waals surface area contributed by atoms with Gasteiger partial charge in [0.25, 0.3) is 5.78 Å². The maximum atomic E-state index is 9.63. The number of hydrogen-bond donors (Lipinski definition) is 3. The molecule has 0 spiro atoms. The number of phenols is 1. The molecule has 25 heavy (non-hydrogen) atoms. The Morgan fingerprint density at radius 1 is 1.20 bits per heavy atom. The van der Waals surface area contributed by atoms with E-state index in [1.165, 1.54) is 0 Å². The number of aromatic nitrogens is 5. The first-order chi connectivity index (χ1) is 15.1. The Balaban J connectivity index is 1.58. The molecule has 0 aliphatic rings. The summed E-state index contributed by atoms with van der Waals surface area (Å²) in [7, 11) is 0. The fourth-order valence-electron chi connectivity index (χ4n) is 2.02. The highest BCUT2D eigenvalue weighted by Gasteiger charge is 2.13. The third-order valence-electron chi connectivity index (χ3n) is 3.14. The molecule has 0 aliphatic heterocycles. The van der Waals surface area contributed by atoms with Crippen LogP contribution in [0.4, 0.5) is 11.9 Å². The normalized spacial score (nSPS) is 15.0. The van der Waals surface area contributed by atoms with Crippen molar-refractivity contribution in [3.8, 4) is 17.3 Å². The number of nitrogens with two attached hydrogens (primary N) is 1. The Labute approximate surface area is 152 Å². The second kappa shape index (κ2) is 6.11. The summed E-state index contributed by atoms with van der Waals surface area (Å²) >= 11 is 0. The van der Waals surface area contributed by atoms with E-state index in [1.807, 2.05) is 0 Å². The summed E-state index contributed by atoms with van der Waals surface area (Å²) in [6, 6.07) is -2.45. The number of nitrogen functional groups attached to an aromatic ring is 1. The number of aromatic hydroxyl groups is 1. The van der Waals surface area contributed by atoms with E-state index in [4.69, 9.17) is 19.7 Å². The van der Waals surface area contributed by atoms with Crippen LogP contribution in [0.15, 0.2) is 46.9 Å². The first-order valence-corrected chi connectivity index (χ1v) is 7.09. The van der Waals surface area contributed by atoms with Crippen molar-refractivity contribution in [1.29, 1.82) is 0 Å². The molecule has 4 rings (SSSR count). The predicted molar refractivity (Wildman–Crippen MR) is 91.0 cm³/mol. The van der Waals surface area contributed by atoms with Crippen LogP contribution in [0.25, 0.3) is 17.4 Å². The topological polar surface area (TPSA) is 127 Å². The van der Waals surface area contributed by atoms with Gasteiger partial charge in [0.1, 0.15) is 7.12 Å². The molecule has 3 heterocycles. The second-order valence-corrected chi connectivity index (χ2v) is 4.84. The Morgan fingerprint density at radius 2 is 2.04 bits per heavy atom. The SMILES string of the molecule is [2H]c1oc(-c2nc3nc(NCCc4c([2H])c([2H])c(O)c([2H])c4[2H])nc(N)n3n2)c([2H])c1[2H]. The molecule has 3 aromatic heterocycles. The van der Waals surface area contributed by atoms with Crippen LogP contribution < -0.4 is 11.1 Å². The van der Waals surface area contributed by atoms with Gasteiger partial charge < -0.3 is 20.6 Å². The van der Waals surface area contributed by atoms with Gasteiger partial charge in [-0.3, -0.25) is 0 Å². The van der Waals surface area contributed by atoms with Gasteiger partial charge in [-0.15, -0.1) is 5.10 Å². The van der Waals surface area contributed by atoms with E-state index in [2.05, 4.69) is 25.4 Å². The molecule has 0 bridgehead atoms. The van der Waals surface area contributed by atoms with Crippen molar-refractivity contribution >= 4 is 17.7 Å². The van der Waals surface area contributed by atoms with E-state index in [9.17, 15) is 5.11 Å². The number of furan rings is 1. The van der Waals surface area contributed by atoms with Gasteiger partial charge >= 0.3 is 0 Å². The number of nitrogens with one attached hydrogen (secondary N) is 1. The molecule has 0 fully saturated rings. The maximum absolute atomic E-state index is 9.63. The van der Waals surface area contributed by atoms with Gasteiger partial charge in [0.05, 0.1) is 14.5 Å². The van der Waals surface area contributed by atoms with Crippen LogP contribution >= 0.6 is 0 Å². The molecule has 126 valence electrons. The van der Waals surface area contributed by atoms with Gasteiger partial charge in [0.2, 0.25) is 17.7 Å². The lowest BCUT2D eigenvalue weighted by molar-refractivity contribution is 0.475. The summed E-state index contributed by atoms with van der Waals surface area (Å²) in [5, 5.41) is 16.5. The summed E-state index contributed by atoms with van der Waals surface area (Å²) in [4.78, 5) is 12.3. The van der Waals surface area contributed by atoms with E-state index in [1.54, 1.807) is 0 Å². The minimum Gasteiger partial charge on any atom is -0.508 e. The van der Waals surface area contributed by atoms with E-state index in [0.29, 0.717) is 0 Å². The average Bonchev–Trinajstić information content (AvgIpc) is 3.30. The lowest BCUT2D eigenvalue weighted by Gasteiger charge is -2.06. The molecule has 0 radical (unpaired) electrons. The Morgan fingerprint density at radius 3 is 2.80 bits per heavy atom. The summed E-state index contributed by atoms with van der Waals surface area (Å²) in [5.41, 5.74) is 6.00. The van der Waals surface area contributed by atoms with Crippen LogP contribution in [0.3, 0.4) is 0 Å². The van der Waals surface area contributed by atoms with Crippen LogP contribution in [-0.2, 0) is 6.42 Å². The Kier molecular flexibility index (Phi) is 2.21. The lowest BCUT2D eigenvalue weighted by Crippen LogP contribution is -2.12. The zero-order valence-corrected chi connectivity index (χ0v) is 12.6. The van der Waals surface area contributed by atoms with E-state index >= 15 is 0 Å². The molecule has 0 amide bonds. The minimum atomic E-state index is -0.705. The highest BCUT2D eigenvalue weighted by molar-refractivity contribution is 5.52. The number of benzene rings is 1. The monoisotopic (exact) mass is 344 g/mol. The van der Waals surface area contributed by atoms with Crippen molar-refractivity contribution in [2.75, 3.05) is 17.6 Å². The van der Waals surface area contributed by atoms with Crippen LogP contribution in [0.1, 0.15) is 15.2 Å². The molecule has 0 saturated heterocycles. The zero-order valence-electron chi connectivity index (χ0n) is 19.6. The smallest absolute Gasteiger partial charge is 0.259 e. The number of anilines is 2. The molecule has 9 heteroatoms. The Bertz CT molecular complexity index is 1340. The number of rotatable bonds is 5. The summed E-state index contributed by atoms with van der Waals surface area (Å²) in [5.74, 6) is -1.000. The molecular weight excluding hydrogens is 322 g/mol. The standard InChI is InChI=1S/C16H15N7O2/c17-14-20-15(18-8-7-10-3-5-11(24)6-4-10)21-16-19-13(22-23(14)16)12-2-1-9-25-12/h1-6,9,24H,7-8H2,(H3,17,18,19,20,21,22)/i1D,2D,3D,4D,5D,6D,9D. The van der Waals surface area contributed by atoms with E-state index in [0.717, 1.165) is 4.52 Å². The molecule has 0 aliphatic carbocycles. The Hall–Kier alpha value is -3.62. The number of fused-ring (bicyclic) bond motifs is 1. The molecule has 0 unspecified atom stereocenters. The molecular formula is C16H15N7O2.